The Bertz CT molecular complexity index is 1610. The second-order valence-corrected chi connectivity index (χ2v) is 19.0. The van der Waals surface area contributed by atoms with Crippen LogP contribution in [0.4, 0.5) is 0 Å². The topological polar surface area (TPSA) is 192 Å². The van der Waals surface area contributed by atoms with E-state index in [1.54, 1.807) is 0 Å². The van der Waals surface area contributed by atoms with Crippen LogP contribution in [-0.4, -0.2) is 98.9 Å². The number of phosphoric ester groups is 1. The SMILES string of the molecule is CC/C=C\C/C=C\C/C=C\C/C=C\C/C=C\C/C=C\CCC(=O)OC(COCCCCCCCCCCCCC/C=C\C/C=C\C/C=C\C/C=C\CC)COP(=O)(O)OC1C(O)C(O)C(O)C(O)C1O. The number of aliphatic hydroxyl groups excluding tert-OH is 5. The van der Waals surface area contributed by atoms with Crippen LogP contribution in [0.3, 0.4) is 0 Å². The Labute approximate surface area is 422 Å². The molecular weight excluding hydrogens is 908 g/mol. The molecule has 1 aliphatic rings. The van der Waals surface area contributed by atoms with Crippen LogP contribution in [0, 0.1) is 0 Å². The van der Waals surface area contributed by atoms with Gasteiger partial charge >= 0.3 is 13.8 Å². The Hall–Kier alpha value is -3.26. The lowest BCUT2D eigenvalue weighted by Crippen LogP contribution is -2.64. The molecule has 1 saturated carbocycles. The van der Waals surface area contributed by atoms with Gasteiger partial charge in [0.1, 0.15) is 42.7 Å². The maximum atomic E-state index is 12.9. The van der Waals surface area contributed by atoms with Crippen LogP contribution in [0.5, 0.6) is 0 Å². The van der Waals surface area contributed by atoms with Crippen LogP contribution in [0.1, 0.15) is 168 Å². The molecule has 0 bridgehead atoms. The molecule has 13 heteroatoms. The number of ether oxygens (including phenoxy) is 2. The maximum Gasteiger partial charge on any atom is 0.472 e. The lowest BCUT2D eigenvalue weighted by atomic mass is 9.85. The number of hydrogen-bond donors (Lipinski definition) is 6. The predicted molar refractivity (Wildman–Crippen MR) is 285 cm³/mol. The van der Waals surface area contributed by atoms with E-state index in [2.05, 4.69) is 123 Å². The molecule has 0 spiro atoms. The fourth-order valence-electron chi connectivity index (χ4n) is 7.25. The van der Waals surface area contributed by atoms with Crippen LogP contribution >= 0.6 is 7.82 Å². The number of unbranched alkanes of at least 4 members (excludes halogenated alkanes) is 11. The standard InChI is InChI=1S/C57H93O12P/c1-3-5-7-9-11-13-15-17-19-21-23-24-25-26-27-29-31-33-35-37-39-41-43-45-47-66-48-50(49-67-70(64,65)69-57-55(62)53(60)52(59)54(61)56(57)63)68-51(58)46-44-42-40-38-36-34-32-30-28-22-20-18-16-14-12-10-8-6-4-2/h5-8,11-14,17-20,23-24,28,30,34,36,40,42,50,52-57,59-63H,3-4,9-10,15-16,21-22,25-27,29,31-33,35,37-39,41,43-49H2,1-2H3,(H,64,65)/b7-5-,8-6-,13-11-,14-12-,19-17-,20-18-,24-23-,30-28-,36-34-,42-40-. The van der Waals surface area contributed by atoms with E-state index in [0.29, 0.717) is 19.4 Å². The van der Waals surface area contributed by atoms with Crippen LogP contribution in [0.2, 0.25) is 0 Å². The van der Waals surface area contributed by atoms with Crippen molar-refractivity contribution in [2.24, 2.45) is 0 Å². The number of esters is 1. The number of aliphatic hydroxyl groups is 5. The van der Waals surface area contributed by atoms with E-state index in [-0.39, 0.29) is 13.0 Å². The average Bonchev–Trinajstić information content (AvgIpc) is 3.35. The summed E-state index contributed by atoms with van der Waals surface area (Å²) in [5.41, 5.74) is 0. The molecule has 398 valence electrons. The van der Waals surface area contributed by atoms with Gasteiger partial charge in [-0.2, -0.15) is 0 Å². The van der Waals surface area contributed by atoms with Gasteiger partial charge in [-0.15, -0.1) is 0 Å². The largest absolute Gasteiger partial charge is 0.472 e. The summed E-state index contributed by atoms with van der Waals surface area (Å²) >= 11 is 0. The van der Waals surface area contributed by atoms with Crippen molar-refractivity contribution in [3.05, 3.63) is 122 Å². The molecule has 6 unspecified atom stereocenters. The smallest absolute Gasteiger partial charge is 0.457 e. The first kappa shape index (κ1) is 64.8. The molecule has 6 N–H and O–H groups in total. The molecule has 70 heavy (non-hydrogen) atoms. The van der Waals surface area contributed by atoms with Crippen molar-refractivity contribution in [3.8, 4) is 0 Å². The second-order valence-electron chi connectivity index (χ2n) is 17.6. The zero-order chi connectivity index (χ0) is 51.2. The number of carbonyl (C=O) groups excluding carboxylic acids is 1. The zero-order valence-corrected chi connectivity index (χ0v) is 43.7. The molecule has 0 saturated heterocycles. The van der Waals surface area contributed by atoms with E-state index < -0.39 is 63.1 Å². The van der Waals surface area contributed by atoms with Gasteiger partial charge in [0, 0.05) is 13.0 Å². The predicted octanol–water partition coefficient (Wildman–Crippen LogP) is 12.2. The lowest BCUT2D eigenvalue weighted by Gasteiger charge is -2.41. The second kappa shape index (κ2) is 45.6. The van der Waals surface area contributed by atoms with Gasteiger partial charge in [0.05, 0.1) is 13.2 Å². The van der Waals surface area contributed by atoms with Gasteiger partial charge in [0.2, 0.25) is 0 Å². The average molecular weight is 1000 g/mol. The highest BCUT2D eigenvalue weighted by atomic mass is 31.2. The van der Waals surface area contributed by atoms with Gasteiger partial charge in [-0.05, 0) is 89.9 Å². The van der Waals surface area contributed by atoms with E-state index in [4.69, 9.17) is 18.5 Å². The summed E-state index contributed by atoms with van der Waals surface area (Å²) < 4.78 is 34.2. The van der Waals surface area contributed by atoms with Gasteiger partial charge in [0.25, 0.3) is 0 Å². The number of carbonyl (C=O) groups is 1. The Morgan fingerprint density at radius 2 is 0.800 bits per heavy atom. The van der Waals surface area contributed by atoms with Crippen molar-refractivity contribution in [2.75, 3.05) is 19.8 Å². The molecule has 0 aromatic carbocycles. The third kappa shape index (κ3) is 36.6. The Morgan fingerprint density at radius 1 is 0.457 bits per heavy atom. The highest BCUT2D eigenvalue weighted by Gasteiger charge is 2.51. The number of hydrogen-bond acceptors (Lipinski definition) is 11. The van der Waals surface area contributed by atoms with Crippen LogP contribution in [0.25, 0.3) is 0 Å². The van der Waals surface area contributed by atoms with Gasteiger partial charge in [-0.1, -0.05) is 193 Å². The van der Waals surface area contributed by atoms with E-state index in [0.717, 1.165) is 89.9 Å². The molecule has 12 nitrogen and oxygen atoms in total. The summed E-state index contributed by atoms with van der Waals surface area (Å²) in [7, 11) is -5.05. The minimum Gasteiger partial charge on any atom is -0.457 e. The minimum absolute atomic E-state index is 0.0528. The van der Waals surface area contributed by atoms with Crippen molar-refractivity contribution in [1.82, 2.24) is 0 Å². The summed E-state index contributed by atoms with van der Waals surface area (Å²) in [6.45, 7) is 3.94. The summed E-state index contributed by atoms with van der Waals surface area (Å²) in [6.07, 6.45) is 54.2. The molecule has 1 fully saturated rings. The summed E-state index contributed by atoms with van der Waals surface area (Å²) in [5.74, 6) is -0.564. The van der Waals surface area contributed by atoms with Gasteiger partial charge < -0.3 is 39.9 Å². The molecule has 0 radical (unpaired) electrons. The summed E-state index contributed by atoms with van der Waals surface area (Å²) in [4.78, 5) is 23.2. The third-order valence-electron chi connectivity index (χ3n) is 11.3. The van der Waals surface area contributed by atoms with Crippen LogP contribution in [0.15, 0.2) is 122 Å². The third-order valence-corrected chi connectivity index (χ3v) is 12.3. The summed E-state index contributed by atoms with van der Waals surface area (Å²) in [6, 6.07) is 0. The molecule has 0 aromatic rings. The Balaban J connectivity index is 2.38. The van der Waals surface area contributed by atoms with Crippen LogP contribution < -0.4 is 0 Å². The molecule has 0 aliphatic heterocycles. The van der Waals surface area contributed by atoms with Crippen molar-refractivity contribution < 1.29 is 58.3 Å². The number of rotatable bonds is 43. The molecule has 0 amide bonds. The van der Waals surface area contributed by atoms with Crippen molar-refractivity contribution in [1.29, 1.82) is 0 Å². The molecule has 1 rings (SSSR count). The van der Waals surface area contributed by atoms with Crippen LogP contribution in [-0.2, 0) is 27.9 Å². The van der Waals surface area contributed by atoms with E-state index in [1.165, 1.54) is 44.9 Å². The molecule has 0 aromatic heterocycles. The summed E-state index contributed by atoms with van der Waals surface area (Å²) in [5, 5.41) is 50.3. The van der Waals surface area contributed by atoms with E-state index in [9.17, 15) is 39.8 Å². The molecule has 1 aliphatic carbocycles. The first-order valence-corrected chi connectivity index (χ1v) is 27.9. The van der Waals surface area contributed by atoms with Gasteiger partial charge in [0.15, 0.2) is 0 Å². The fourth-order valence-corrected chi connectivity index (χ4v) is 8.23. The van der Waals surface area contributed by atoms with Gasteiger partial charge in [-0.3, -0.25) is 13.8 Å². The molecular formula is C57H93O12P. The zero-order valence-electron chi connectivity index (χ0n) is 42.8. The highest BCUT2D eigenvalue weighted by molar-refractivity contribution is 7.47. The quantitative estimate of drug-likeness (QED) is 0.0147. The van der Waals surface area contributed by atoms with Crippen molar-refractivity contribution in [2.45, 2.75) is 211 Å². The first-order chi connectivity index (χ1) is 34.0. The lowest BCUT2D eigenvalue weighted by molar-refractivity contribution is -0.220. The van der Waals surface area contributed by atoms with Crippen molar-refractivity contribution >= 4 is 13.8 Å². The number of phosphoric acid groups is 1. The van der Waals surface area contributed by atoms with Crippen molar-refractivity contribution in [3.63, 3.8) is 0 Å². The molecule has 6 atom stereocenters. The first-order valence-electron chi connectivity index (χ1n) is 26.4. The monoisotopic (exact) mass is 1000 g/mol. The highest BCUT2D eigenvalue weighted by Crippen LogP contribution is 2.47. The van der Waals surface area contributed by atoms with E-state index in [1.807, 2.05) is 12.2 Å². The fraction of sp³-hybridized carbons (Fsp3) is 0.632. The number of allylic oxidation sites excluding steroid dienone is 20. The minimum atomic E-state index is -5.05. The van der Waals surface area contributed by atoms with E-state index >= 15 is 0 Å². The van der Waals surface area contributed by atoms with Gasteiger partial charge in [-0.25, -0.2) is 4.57 Å². The maximum absolute atomic E-state index is 12.9. The Kier molecular flexibility index (Phi) is 42.2. The molecule has 0 heterocycles. The normalized spacial score (nSPS) is 21.9. The Morgan fingerprint density at radius 3 is 1.21 bits per heavy atom.